The van der Waals surface area contributed by atoms with E-state index in [0.29, 0.717) is 25.2 Å². The molecule has 4 atom stereocenters. The van der Waals surface area contributed by atoms with Gasteiger partial charge in [0.15, 0.2) is 0 Å². The Morgan fingerprint density at radius 3 is 2.95 bits per heavy atom. The summed E-state index contributed by atoms with van der Waals surface area (Å²) in [5.74, 6) is 1.59. The molecule has 4 heteroatoms. The zero-order valence-electron chi connectivity index (χ0n) is 13.3. The minimum atomic E-state index is -0.446. The first-order valence-electron chi connectivity index (χ1n) is 8.20. The maximum Gasteiger partial charge on any atom is 0.105 e. The molecule has 2 rings (SSSR count). The van der Waals surface area contributed by atoms with E-state index in [0.717, 1.165) is 18.6 Å². The van der Waals surface area contributed by atoms with Crippen molar-refractivity contribution in [1.82, 2.24) is 5.32 Å². The summed E-state index contributed by atoms with van der Waals surface area (Å²) in [6.07, 6.45) is 7.36. The molecule has 4 unspecified atom stereocenters. The summed E-state index contributed by atoms with van der Waals surface area (Å²) in [6.45, 7) is 5.33. The molecule has 0 spiro atoms. The van der Waals surface area contributed by atoms with Gasteiger partial charge < -0.3 is 19.6 Å². The molecule has 1 aliphatic carbocycles. The molecule has 0 aromatic carbocycles. The normalized spacial score (nSPS) is 25.7. The summed E-state index contributed by atoms with van der Waals surface area (Å²) in [5, 5.41) is 13.4. The predicted molar refractivity (Wildman–Crippen MR) is 83.3 cm³/mol. The van der Waals surface area contributed by atoms with Crippen molar-refractivity contribution >= 4 is 0 Å². The van der Waals surface area contributed by atoms with Crippen LogP contribution in [0.15, 0.2) is 22.8 Å². The summed E-state index contributed by atoms with van der Waals surface area (Å²) in [7, 11) is 0. The molecule has 4 nitrogen and oxygen atoms in total. The van der Waals surface area contributed by atoms with Crippen LogP contribution in [0.3, 0.4) is 0 Å². The van der Waals surface area contributed by atoms with Crippen molar-refractivity contribution in [2.45, 2.75) is 64.2 Å². The molecule has 0 radical (unpaired) electrons. The lowest BCUT2D eigenvalue weighted by Gasteiger charge is -2.29. The summed E-state index contributed by atoms with van der Waals surface area (Å²) in [5.41, 5.74) is 0. The van der Waals surface area contributed by atoms with Crippen molar-refractivity contribution in [1.29, 1.82) is 0 Å². The number of hydrogen-bond donors (Lipinski definition) is 2. The van der Waals surface area contributed by atoms with Crippen molar-refractivity contribution < 1.29 is 14.3 Å². The highest BCUT2D eigenvalue weighted by atomic mass is 16.5. The van der Waals surface area contributed by atoms with Crippen molar-refractivity contribution in [3.63, 3.8) is 0 Å². The van der Waals surface area contributed by atoms with Gasteiger partial charge in [-0.3, -0.25) is 0 Å². The highest BCUT2D eigenvalue weighted by Crippen LogP contribution is 2.26. The Hall–Kier alpha value is -0.840. The van der Waals surface area contributed by atoms with E-state index in [1.807, 2.05) is 12.1 Å². The van der Waals surface area contributed by atoms with Crippen LogP contribution in [0.2, 0.25) is 0 Å². The molecule has 1 fully saturated rings. The largest absolute Gasteiger partial charge is 0.469 e. The average molecular weight is 295 g/mol. The molecule has 0 bridgehead atoms. The Morgan fingerprint density at radius 2 is 2.24 bits per heavy atom. The minimum absolute atomic E-state index is 0.277. The molecule has 0 amide bonds. The van der Waals surface area contributed by atoms with E-state index in [2.05, 4.69) is 19.2 Å². The summed E-state index contributed by atoms with van der Waals surface area (Å²) in [4.78, 5) is 0. The maximum absolute atomic E-state index is 10.0. The van der Waals surface area contributed by atoms with Gasteiger partial charge in [-0.1, -0.05) is 19.8 Å². The van der Waals surface area contributed by atoms with Gasteiger partial charge in [0.25, 0.3) is 0 Å². The molecule has 120 valence electrons. The minimum Gasteiger partial charge on any atom is -0.469 e. The average Bonchev–Trinajstić information content (AvgIpc) is 2.97. The topological polar surface area (TPSA) is 54.6 Å². The molecular formula is C17H29NO3. The first-order valence-corrected chi connectivity index (χ1v) is 8.20. The molecule has 1 aromatic rings. The van der Waals surface area contributed by atoms with E-state index in [1.165, 1.54) is 19.3 Å². The van der Waals surface area contributed by atoms with Gasteiger partial charge >= 0.3 is 0 Å². The number of nitrogens with one attached hydrogen (secondary N) is 1. The van der Waals surface area contributed by atoms with Crippen LogP contribution in [0.1, 0.15) is 45.3 Å². The molecule has 0 saturated heterocycles. The fourth-order valence-electron chi connectivity index (χ4n) is 2.96. The van der Waals surface area contributed by atoms with Crippen molar-refractivity contribution in [2.75, 3.05) is 13.2 Å². The van der Waals surface area contributed by atoms with Crippen molar-refractivity contribution in [3.05, 3.63) is 24.2 Å². The number of rotatable bonds is 8. The third-order valence-corrected chi connectivity index (χ3v) is 4.32. The van der Waals surface area contributed by atoms with Crippen LogP contribution in [0.5, 0.6) is 0 Å². The van der Waals surface area contributed by atoms with Gasteiger partial charge in [-0.25, -0.2) is 0 Å². The fourth-order valence-corrected chi connectivity index (χ4v) is 2.96. The lowest BCUT2D eigenvalue weighted by atomic mass is 9.88. The second-order valence-electron chi connectivity index (χ2n) is 6.38. The molecule has 0 aliphatic heterocycles. The molecule has 1 aliphatic rings. The van der Waals surface area contributed by atoms with Crippen LogP contribution in [-0.4, -0.2) is 36.5 Å². The van der Waals surface area contributed by atoms with E-state index >= 15 is 0 Å². The smallest absolute Gasteiger partial charge is 0.105 e. The second-order valence-corrected chi connectivity index (χ2v) is 6.38. The second kappa shape index (κ2) is 8.57. The van der Waals surface area contributed by atoms with Gasteiger partial charge in [0, 0.05) is 19.0 Å². The van der Waals surface area contributed by atoms with Crippen LogP contribution in [0.4, 0.5) is 0 Å². The van der Waals surface area contributed by atoms with E-state index < -0.39 is 6.10 Å². The number of aliphatic hydroxyl groups excluding tert-OH is 1. The molecule has 1 saturated carbocycles. The summed E-state index contributed by atoms with van der Waals surface area (Å²) < 4.78 is 11.2. The number of ether oxygens (including phenoxy) is 1. The standard InChI is InChI=1S/C17H29NO3/c1-13-6-3-4-8-17(13)21-12-15(19)11-18-14(2)10-16-7-5-9-20-16/h5,7,9,13-15,17-19H,3-4,6,8,10-12H2,1-2H3. The van der Waals surface area contributed by atoms with E-state index in [9.17, 15) is 5.11 Å². The fraction of sp³-hybridized carbons (Fsp3) is 0.765. The highest BCUT2D eigenvalue weighted by Gasteiger charge is 2.22. The maximum atomic E-state index is 10.0. The molecule has 1 aromatic heterocycles. The van der Waals surface area contributed by atoms with Gasteiger partial charge in [-0.2, -0.15) is 0 Å². The van der Waals surface area contributed by atoms with Crippen LogP contribution in [0, 0.1) is 5.92 Å². The van der Waals surface area contributed by atoms with Crippen LogP contribution in [-0.2, 0) is 11.2 Å². The van der Waals surface area contributed by atoms with Gasteiger partial charge in [0.2, 0.25) is 0 Å². The number of hydrogen-bond acceptors (Lipinski definition) is 4. The van der Waals surface area contributed by atoms with Crippen molar-refractivity contribution in [3.8, 4) is 0 Å². The van der Waals surface area contributed by atoms with Gasteiger partial charge in [-0.05, 0) is 37.8 Å². The Balaban J connectivity index is 1.59. The third kappa shape index (κ3) is 5.81. The first-order chi connectivity index (χ1) is 10.1. The highest BCUT2D eigenvalue weighted by molar-refractivity contribution is 4.99. The lowest BCUT2D eigenvalue weighted by Crippen LogP contribution is -2.38. The monoisotopic (exact) mass is 295 g/mol. The number of aliphatic hydroxyl groups is 1. The molecule has 1 heterocycles. The Kier molecular flexibility index (Phi) is 6.74. The summed E-state index contributed by atoms with van der Waals surface area (Å²) >= 11 is 0. The zero-order valence-corrected chi connectivity index (χ0v) is 13.3. The Bertz CT molecular complexity index is 379. The van der Waals surface area contributed by atoms with E-state index in [1.54, 1.807) is 6.26 Å². The number of furan rings is 1. The quantitative estimate of drug-likeness (QED) is 0.774. The van der Waals surface area contributed by atoms with Crippen LogP contribution >= 0.6 is 0 Å². The first kappa shape index (κ1) is 16.5. The summed E-state index contributed by atoms with van der Waals surface area (Å²) in [6, 6.07) is 4.15. The van der Waals surface area contributed by atoms with Gasteiger partial charge in [0.05, 0.1) is 25.1 Å². The SMILES string of the molecule is CC(Cc1ccco1)NCC(O)COC1CCCCC1C. The van der Waals surface area contributed by atoms with Crippen LogP contribution < -0.4 is 5.32 Å². The van der Waals surface area contributed by atoms with Gasteiger partial charge in [0.1, 0.15) is 5.76 Å². The third-order valence-electron chi connectivity index (χ3n) is 4.32. The molecule has 21 heavy (non-hydrogen) atoms. The lowest BCUT2D eigenvalue weighted by molar-refractivity contribution is -0.0455. The van der Waals surface area contributed by atoms with E-state index in [4.69, 9.17) is 9.15 Å². The van der Waals surface area contributed by atoms with Gasteiger partial charge in [-0.15, -0.1) is 0 Å². The molecule has 2 N–H and O–H groups in total. The predicted octanol–water partition coefficient (Wildman–Crippen LogP) is 2.76. The van der Waals surface area contributed by atoms with E-state index in [-0.39, 0.29) is 6.04 Å². The van der Waals surface area contributed by atoms with Crippen molar-refractivity contribution in [2.24, 2.45) is 5.92 Å². The Morgan fingerprint density at radius 1 is 1.43 bits per heavy atom. The molecular weight excluding hydrogens is 266 g/mol. The Labute approximate surface area is 127 Å². The zero-order chi connectivity index (χ0) is 15.1. The van der Waals surface area contributed by atoms with Crippen LogP contribution in [0.25, 0.3) is 0 Å².